The summed E-state index contributed by atoms with van der Waals surface area (Å²) in [5.41, 5.74) is -2.53. The molecule has 0 spiro atoms. The second kappa shape index (κ2) is 8.42. The fourth-order valence-corrected chi connectivity index (χ4v) is 4.72. The van der Waals surface area contributed by atoms with Crippen LogP contribution in [0.1, 0.15) is 69.1 Å². The van der Waals surface area contributed by atoms with Crippen LogP contribution in [-0.2, 0) is 6.18 Å². The van der Waals surface area contributed by atoms with Crippen LogP contribution in [0.5, 0.6) is 0 Å². The predicted octanol–water partition coefficient (Wildman–Crippen LogP) is 6.77. The van der Waals surface area contributed by atoms with E-state index in [0.717, 1.165) is 43.0 Å². The Morgan fingerprint density at radius 3 is 2.17 bits per heavy atom. The molecule has 0 atom stereocenters. The zero-order chi connectivity index (χ0) is 22.3. The van der Waals surface area contributed by atoms with E-state index in [1.165, 1.54) is 18.2 Å². The van der Waals surface area contributed by atoms with Gasteiger partial charge in [-0.1, -0.05) is 48.5 Å². The zero-order valence-electron chi connectivity index (χ0n) is 17.1. The van der Waals surface area contributed by atoms with E-state index in [9.17, 15) is 18.0 Å². The van der Waals surface area contributed by atoms with Crippen molar-refractivity contribution >= 4 is 29.1 Å². The third-order valence-corrected chi connectivity index (χ3v) is 5.91. The Hall–Kier alpha value is -1.73. The van der Waals surface area contributed by atoms with Crippen LogP contribution in [-0.4, -0.2) is 31.9 Å². The molecule has 1 fully saturated rings. The molecule has 30 heavy (non-hydrogen) atoms. The maximum atomic E-state index is 14.1. The number of halogens is 5. The summed E-state index contributed by atoms with van der Waals surface area (Å²) >= 11 is 12.3. The Morgan fingerprint density at radius 2 is 1.67 bits per heavy atom. The maximum Gasteiger partial charge on any atom is 0.434 e. The molecule has 1 saturated carbocycles. The van der Waals surface area contributed by atoms with E-state index < -0.39 is 29.0 Å². The largest absolute Gasteiger partial charge is 0.434 e. The van der Waals surface area contributed by atoms with E-state index in [1.54, 1.807) is 4.90 Å². The summed E-state index contributed by atoms with van der Waals surface area (Å²) in [5, 5.41) is 0.0636. The molecule has 0 N–H and O–H groups in total. The van der Waals surface area contributed by atoms with Crippen LogP contribution in [0.4, 0.5) is 13.2 Å². The summed E-state index contributed by atoms with van der Waals surface area (Å²) in [6.07, 6.45) is 0.616. The molecule has 0 aliphatic heterocycles. The van der Waals surface area contributed by atoms with Crippen molar-refractivity contribution in [2.45, 2.75) is 70.6 Å². The molecule has 4 nitrogen and oxygen atoms in total. The number of carbonyl (C=O) groups excluding carboxylic acids is 1. The van der Waals surface area contributed by atoms with Gasteiger partial charge in [-0.2, -0.15) is 13.2 Å². The van der Waals surface area contributed by atoms with Gasteiger partial charge in [0, 0.05) is 11.6 Å². The number of rotatable bonds is 3. The summed E-state index contributed by atoms with van der Waals surface area (Å²) in [5.74, 6) is -0.733. The van der Waals surface area contributed by atoms with Gasteiger partial charge in [0.15, 0.2) is 11.4 Å². The Bertz CT molecular complexity index is 908. The molecule has 0 bridgehead atoms. The standard InChI is InChI=1S/C21H24Cl2F3N3O/c1-20(2,3)29(13-8-5-4-6-9-13)19(30)16-18(21(24,25)26)28(12-27-16)17-14(22)10-7-11-15(17)23/h7,10-13H,4-6,8-9H2,1-3H3. The average Bonchev–Trinajstić information content (AvgIpc) is 3.06. The molecule has 3 rings (SSSR count). The first-order valence-electron chi connectivity index (χ1n) is 9.85. The second-order valence-corrected chi connectivity index (χ2v) is 9.33. The van der Waals surface area contributed by atoms with Crippen LogP contribution in [0.2, 0.25) is 10.0 Å². The number of nitrogens with zero attached hydrogens (tertiary/aromatic N) is 3. The van der Waals surface area contributed by atoms with Gasteiger partial charge in [-0.25, -0.2) is 4.98 Å². The first-order valence-corrected chi connectivity index (χ1v) is 10.6. The topological polar surface area (TPSA) is 38.1 Å². The molecule has 164 valence electrons. The molecule has 1 aromatic heterocycles. The van der Waals surface area contributed by atoms with Crippen molar-refractivity contribution < 1.29 is 18.0 Å². The number of alkyl halides is 3. The lowest BCUT2D eigenvalue weighted by Crippen LogP contribution is -2.52. The van der Waals surface area contributed by atoms with Crippen LogP contribution in [0.15, 0.2) is 24.5 Å². The highest BCUT2D eigenvalue weighted by Crippen LogP contribution is 2.39. The summed E-state index contributed by atoms with van der Waals surface area (Å²) in [6.45, 7) is 5.48. The molecular formula is C21H24Cl2F3N3O. The molecule has 1 aliphatic carbocycles. The SMILES string of the molecule is CC(C)(C)N(C(=O)c1ncn(-c2c(Cl)cccc2Cl)c1C(F)(F)F)C1CCCCC1. The highest BCUT2D eigenvalue weighted by atomic mass is 35.5. The minimum atomic E-state index is -4.83. The Labute approximate surface area is 184 Å². The molecule has 1 amide bonds. The number of hydrogen-bond donors (Lipinski definition) is 0. The number of imidazole rings is 1. The normalized spacial score (nSPS) is 16.0. The summed E-state index contributed by atoms with van der Waals surface area (Å²) in [6, 6.07) is 4.29. The monoisotopic (exact) mass is 461 g/mol. The van der Waals surface area contributed by atoms with Crippen molar-refractivity contribution in [2.75, 3.05) is 0 Å². The molecule has 9 heteroatoms. The van der Waals surface area contributed by atoms with Gasteiger partial charge < -0.3 is 4.90 Å². The summed E-state index contributed by atoms with van der Waals surface area (Å²) in [4.78, 5) is 18.9. The molecule has 0 radical (unpaired) electrons. The minimum Gasteiger partial charge on any atom is -0.329 e. The number of hydrogen-bond acceptors (Lipinski definition) is 2. The van der Waals surface area contributed by atoms with E-state index in [1.807, 2.05) is 20.8 Å². The number of amides is 1. The van der Waals surface area contributed by atoms with Crippen molar-refractivity contribution in [1.29, 1.82) is 0 Å². The number of aromatic nitrogens is 2. The van der Waals surface area contributed by atoms with E-state index in [2.05, 4.69) is 4.98 Å². The van der Waals surface area contributed by atoms with Crippen molar-refractivity contribution in [3.63, 3.8) is 0 Å². The predicted molar refractivity (Wildman–Crippen MR) is 111 cm³/mol. The molecule has 1 aromatic carbocycles. The van der Waals surface area contributed by atoms with Gasteiger partial charge in [-0.15, -0.1) is 0 Å². The quantitative estimate of drug-likeness (QED) is 0.505. The highest BCUT2D eigenvalue weighted by Gasteiger charge is 2.44. The van der Waals surface area contributed by atoms with Gasteiger partial charge >= 0.3 is 6.18 Å². The molecule has 2 aromatic rings. The first kappa shape index (κ1) is 22.9. The van der Waals surface area contributed by atoms with Gasteiger partial charge in [0.1, 0.15) is 6.33 Å². The molecule has 0 unspecified atom stereocenters. The van der Waals surface area contributed by atoms with E-state index in [0.29, 0.717) is 0 Å². The maximum absolute atomic E-state index is 14.1. The Balaban J connectivity index is 2.16. The smallest absolute Gasteiger partial charge is 0.329 e. The fraction of sp³-hybridized carbons (Fsp3) is 0.524. The number of benzene rings is 1. The van der Waals surface area contributed by atoms with E-state index >= 15 is 0 Å². The first-order chi connectivity index (χ1) is 13.9. The van der Waals surface area contributed by atoms with Gasteiger partial charge in [-0.05, 0) is 45.7 Å². The molecule has 1 heterocycles. The Morgan fingerprint density at radius 1 is 1.10 bits per heavy atom. The third-order valence-electron chi connectivity index (χ3n) is 5.30. The molecule has 0 saturated heterocycles. The number of para-hydroxylation sites is 1. The van der Waals surface area contributed by atoms with Crippen molar-refractivity contribution in [2.24, 2.45) is 0 Å². The van der Waals surface area contributed by atoms with Crippen LogP contribution in [0.25, 0.3) is 5.69 Å². The van der Waals surface area contributed by atoms with Gasteiger partial charge in [-0.3, -0.25) is 9.36 Å². The lowest BCUT2D eigenvalue weighted by Gasteiger charge is -2.43. The minimum absolute atomic E-state index is 0.0318. The molecule has 1 aliphatic rings. The van der Waals surface area contributed by atoms with Gasteiger partial charge in [0.25, 0.3) is 5.91 Å². The van der Waals surface area contributed by atoms with Crippen LogP contribution in [0.3, 0.4) is 0 Å². The van der Waals surface area contributed by atoms with Crippen LogP contribution < -0.4 is 0 Å². The summed E-state index contributed by atoms with van der Waals surface area (Å²) in [7, 11) is 0. The van der Waals surface area contributed by atoms with E-state index in [-0.39, 0.29) is 21.8 Å². The Kier molecular flexibility index (Phi) is 6.44. The lowest BCUT2D eigenvalue weighted by molar-refractivity contribution is -0.142. The fourth-order valence-electron chi connectivity index (χ4n) is 4.14. The molecular weight excluding hydrogens is 438 g/mol. The summed E-state index contributed by atoms with van der Waals surface area (Å²) < 4.78 is 43.2. The van der Waals surface area contributed by atoms with Crippen LogP contribution in [0, 0.1) is 0 Å². The van der Waals surface area contributed by atoms with Gasteiger partial charge in [0.2, 0.25) is 0 Å². The van der Waals surface area contributed by atoms with Crippen LogP contribution >= 0.6 is 23.2 Å². The van der Waals surface area contributed by atoms with Crippen molar-refractivity contribution in [1.82, 2.24) is 14.5 Å². The second-order valence-electron chi connectivity index (χ2n) is 8.52. The zero-order valence-corrected chi connectivity index (χ0v) is 18.6. The average molecular weight is 462 g/mol. The lowest BCUT2D eigenvalue weighted by atomic mass is 9.90. The van der Waals surface area contributed by atoms with Gasteiger partial charge in [0.05, 0.1) is 15.7 Å². The van der Waals surface area contributed by atoms with Crippen molar-refractivity contribution in [3.8, 4) is 5.69 Å². The third kappa shape index (κ3) is 4.47. The van der Waals surface area contributed by atoms with E-state index in [4.69, 9.17) is 23.2 Å². The van der Waals surface area contributed by atoms with Crippen molar-refractivity contribution in [3.05, 3.63) is 46.0 Å². The highest BCUT2D eigenvalue weighted by molar-refractivity contribution is 6.37. The number of carbonyl (C=O) groups is 1.